The maximum Gasteiger partial charge on any atom is 0.234 e. The number of hydrogen-bond acceptors (Lipinski definition) is 4. The summed E-state index contributed by atoms with van der Waals surface area (Å²) in [5, 5.41) is 3.05. The summed E-state index contributed by atoms with van der Waals surface area (Å²) in [5.41, 5.74) is 2.23. The summed E-state index contributed by atoms with van der Waals surface area (Å²) in [6.45, 7) is 7.67. The molecule has 1 saturated heterocycles. The normalized spacial score (nSPS) is 16.0. The van der Waals surface area contributed by atoms with E-state index in [2.05, 4.69) is 16.3 Å². The van der Waals surface area contributed by atoms with Crippen molar-refractivity contribution in [3.05, 3.63) is 35.4 Å². The maximum absolute atomic E-state index is 12.2. The zero-order valence-electron chi connectivity index (χ0n) is 16.2. The summed E-state index contributed by atoms with van der Waals surface area (Å²) < 4.78 is 10.9. The zero-order valence-corrected chi connectivity index (χ0v) is 16.2. The standard InChI is InChI=1S/C21H34N2O3/c1-2-25-13-14-26-18-20-10-8-9-19(15-20)16-22-21(24)17-23-11-6-4-3-5-7-12-23/h8-10,15H,2-7,11-14,16-18H2,1H3,(H,22,24). The first-order valence-electron chi connectivity index (χ1n) is 10.0. The second-order valence-corrected chi connectivity index (χ2v) is 6.89. The second-order valence-electron chi connectivity index (χ2n) is 6.89. The average molecular weight is 363 g/mol. The zero-order chi connectivity index (χ0) is 18.5. The molecule has 0 unspecified atom stereocenters. The first-order valence-corrected chi connectivity index (χ1v) is 10.0. The van der Waals surface area contributed by atoms with E-state index in [0.717, 1.165) is 30.8 Å². The van der Waals surface area contributed by atoms with Crippen molar-refractivity contribution in [1.29, 1.82) is 0 Å². The van der Waals surface area contributed by atoms with Crippen molar-refractivity contribution in [2.24, 2.45) is 0 Å². The lowest BCUT2D eigenvalue weighted by atomic mass is 10.1. The predicted molar refractivity (Wildman–Crippen MR) is 104 cm³/mol. The smallest absolute Gasteiger partial charge is 0.234 e. The highest BCUT2D eigenvalue weighted by atomic mass is 16.5. The lowest BCUT2D eigenvalue weighted by Crippen LogP contribution is -2.38. The van der Waals surface area contributed by atoms with Crippen LogP contribution < -0.4 is 5.32 Å². The molecule has 1 N–H and O–H groups in total. The number of ether oxygens (including phenoxy) is 2. The van der Waals surface area contributed by atoms with Gasteiger partial charge in [-0.05, 0) is 44.0 Å². The van der Waals surface area contributed by atoms with Gasteiger partial charge in [0.05, 0.1) is 26.4 Å². The third-order valence-corrected chi connectivity index (χ3v) is 4.64. The second kappa shape index (κ2) is 12.8. The fourth-order valence-electron chi connectivity index (χ4n) is 3.21. The Balaban J connectivity index is 1.69. The Morgan fingerprint density at radius 2 is 1.73 bits per heavy atom. The molecule has 5 nitrogen and oxygen atoms in total. The monoisotopic (exact) mass is 362 g/mol. The van der Waals surface area contributed by atoms with Gasteiger partial charge in [-0.1, -0.05) is 43.5 Å². The molecule has 0 bridgehead atoms. The number of hydrogen-bond donors (Lipinski definition) is 1. The molecule has 0 atom stereocenters. The fourth-order valence-corrected chi connectivity index (χ4v) is 3.21. The Morgan fingerprint density at radius 1 is 1.04 bits per heavy atom. The Hall–Kier alpha value is -1.43. The number of amides is 1. The number of benzene rings is 1. The van der Waals surface area contributed by atoms with Crippen LogP contribution in [0.1, 0.15) is 50.2 Å². The van der Waals surface area contributed by atoms with E-state index in [9.17, 15) is 4.79 Å². The summed E-state index contributed by atoms with van der Waals surface area (Å²) in [4.78, 5) is 14.5. The number of likely N-dealkylation sites (tertiary alicyclic amines) is 1. The van der Waals surface area contributed by atoms with Crippen LogP contribution in [-0.2, 0) is 27.4 Å². The molecule has 1 aromatic rings. The molecule has 1 aliphatic heterocycles. The SMILES string of the molecule is CCOCCOCc1cccc(CNC(=O)CN2CCCCCCC2)c1. The summed E-state index contributed by atoms with van der Waals surface area (Å²) in [6, 6.07) is 8.20. The van der Waals surface area contributed by atoms with Crippen molar-refractivity contribution in [1.82, 2.24) is 10.2 Å². The summed E-state index contributed by atoms with van der Waals surface area (Å²) in [5.74, 6) is 0.115. The van der Waals surface area contributed by atoms with E-state index >= 15 is 0 Å². The molecule has 1 aromatic carbocycles. The van der Waals surface area contributed by atoms with E-state index < -0.39 is 0 Å². The van der Waals surface area contributed by atoms with Gasteiger partial charge in [-0.2, -0.15) is 0 Å². The van der Waals surface area contributed by atoms with Crippen molar-refractivity contribution < 1.29 is 14.3 Å². The molecule has 146 valence electrons. The predicted octanol–water partition coefficient (Wildman–Crippen LogP) is 3.12. The van der Waals surface area contributed by atoms with Gasteiger partial charge in [0, 0.05) is 13.2 Å². The molecule has 0 radical (unpaired) electrons. The quantitative estimate of drug-likeness (QED) is 0.650. The van der Waals surface area contributed by atoms with Gasteiger partial charge in [0.2, 0.25) is 5.91 Å². The minimum atomic E-state index is 0.115. The van der Waals surface area contributed by atoms with E-state index in [-0.39, 0.29) is 5.91 Å². The Morgan fingerprint density at radius 3 is 2.50 bits per heavy atom. The number of rotatable bonds is 10. The molecule has 1 heterocycles. The van der Waals surface area contributed by atoms with Crippen molar-refractivity contribution in [2.45, 2.75) is 52.2 Å². The summed E-state index contributed by atoms with van der Waals surface area (Å²) >= 11 is 0. The minimum Gasteiger partial charge on any atom is -0.379 e. The van der Waals surface area contributed by atoms with Gasteiger partial charge in [-0.15, -0.1) is 0 Å². The minimum absolute atomic E-state index is 0.115. The third-order valence-electron chi connectivity index (χ3n) is 4.64. The number of carbonyl (C=O) groups excluding carboxylic acids is 1. The van der Waals surface area contributed by atoms with Crippen molar-refractivity contribution >= 4 is 5.91 Å². The highest BCUT2D eigenvalue weighted by Crippen LogP contribution is 2.10. The van der Waals surface area contributed by atoms with Crippen LogP contribution in [0.25, 0.3) is 0 Å². The molecule has 2 rings (SSSR count). The molecule has 1 amide bonds. The topological polar surface area (TPSA) is 50.8 Å². The molecule has 0 saturated carbocycles. The van der Waals surface area contributed by atoms with E-state index in [1.54, 1.807) is 0 Å². The Bertz CT molecular complexity index is 514. The van der Waals surface area contributed by atoms with Gasteiger partial charge in [-0.25, -0.2) is 0 Å². The molecular weight excluding hydrogens is 328 g/mol. The number of nitrogens with zero attached hydrogens (tertiary/aromatic N) is 1. The molecule has 1 aliphatic rings. The highest BCUT2D eigenvalue weighted by Gasteiger charge is 2.12. The molecule has 0 aromatic heterocycles. The van der Waals surface area contributed by atoms with Crippen LogP contribution in [0.4, 0.5) is 0 Å². The van der Waals surface area contributed by atoms with E-state index in [1.165, 1.54) is 32.1 Å². The lowest BCUT2D eigenvalue weighted by molar-refractivity contribution is -0.122. The summed E-state index contributed by atoms with van der Waals surface area (Å²) in [6.07, 6.45) is 6.33. The van der Waals surface area contributed by atoms with Gasteiger partial charge in [0.1, 0.15) is 0 Å². The van der Waals surface area contributed by atoms with Gasteiger partial charge in [-0.3, -0.25) is 9.69 Å². The fraction of sp³-hybridized carbons (Fsp3) is 0.667. The van der Waals surface area contributed by atoms with E-state index in [4.69, 9.17) is 9.47 Å². The molecular formula is C21H34N2O3. The first kappa shape index (κ1) is 20.9. The molecule has 0 spiro atoms. The molecule has 5 heteroatoms. The largest absolute Gasteiger partial charge is 0.379 e. The number of carbonyl (C=O) groups is 1. The van der Waals surface area contributed by atoms with Gasteiger partial charge in [0.25, 0.3) is 0 Å². The molecule has 1 fully saturated rings. The van der Waals surface area contributed by atoms with Crippen LogP contribution in [0, 0.1) is 0 Å². The Labute approximate surface area is 158 Å². The van der Waals surface area contributed by atoms with Crippen LogP contribution >= 0.6 is 0 Å². The molecule has 0 aliphatic carbocycles. The Kier molecular flexibility index (Phi) is 10.3. The maximum atomic E-state index is 12.2. The van der Waals surface area contributed by atoms with Crippen LogP contribution in [0.15, 0.2) is 24.3 Å². The van der Waals surface area contributed by atoms with Crippen LogP contribution in [0.3, 0.4) is 0 Å². The number of nitrogens with one attached hydrogen (secondary N) is 1. The summed E-state index contributed by atoms with van der Waals surface area (Å²) in [7, 11) is 0. The van der Waals surface area contributed by atoms with Crippen LogP contribution in [0.2, 0.25) is 0 Å². The third kappa shape index (κ3) is 8.79. The van der Waals surface area contributed by atoms with E-state index in [1.807, 2.05) is 25.1 Å². The van der Waals surface area contributed by atoms with Crippen LogP contribution in [0.5, 0.6) is 0 Å². The lowest BCUT2D eigenvalue weighted by Gasteiger charge is -2.23. The van der Waals surface area contributed by atoms with Gasteiger partial charge in [0.15, 0.2) is 0 Å². The van der Waals surface area contributed by atoms with Gasteiger partial charge < -0.3 is 14.8 Å². The van der Waals surface area contributed by atoms with E-state index in [0.29, 0.717) is 32.9 Å². The molecule has 26 heavy (non-hydrogen) atoms. The van der Waals surface area contributed by atoms with Gasteiger partial charge >= 0.3 is 0 Å². The van der Waals surface area contributed by atoms with Crippen molar-refractivity contribution in [3.8, 4) is 0 Å². The van der Waals surface area contributed by atoms with Crippen LogP contribution in [-0.4, -0.2) is 50.3 Å². The average Bonchev–Trinajstić information content (AvgIpc) is 2.62. The highest BCUT2D eigenvalue weighted by molar-refractivity contribution is 5.78. The first-order chi connectivity index (χ1) is 12.8. The van der Waals surface area contributed by atoms with Crippen molar-refractivity contribution in [3.63, 3.8) is 0 Å². The van der Waals surface area contributed by atoms with Crippen molar-refractivity contribution in [2.75, 3.05) is 39.5 Å².